The Hall–Kier alpha value is -0.540. The molecule has 0 spiro atoms. The molecule has 14 heavy (non-hydrogen) atoms. The molecule has 0 saturated carbocycles. The van der Waals surface area contributed by atoms with E-state index in [2.05, 4.69) is 31.9 Å². The zero-order valence-corrected chi connectivity index (χ0v) is 10.7. The summed E-state index contributed by atoms with van der Waals surface area (Å²) in [5.41, 5.74) is 0.871. The van der Waals surface area contributed by atoms with Crippen molar-refractivity contribution in [2.45, 2.75) is 6.92 Å². The van der Waals surface area contributed by atoms with Crippen molar-refractivity contribution in [3.8, 4) is 5.75 Å². The Morgan fingerprint density at radius 1 is 1.07 bits per heavy atom. The molecule has 0 radical (unpaired) electrons. The first-order valence-corrected chi connectivity index (χ1v) is 5.76. The zero-order chi connectivity index (χ0) is 10.3. The number of halogens is 2. The van der Waals surface area contributed by atoms with Crippen LogP contribution in [0.1, 0.15) is 5.56 Å². The summed E-state index contributed by atoms with van der Waals surface area (Å²) < 4.78 is 1.92. The highest BCUT2D eigenvalue weighted by atomic mass is 79.9. The van der Waals surface area contributed by atoms with Crippen molar-refractivity contribution in [1.29, 1.82) is 0 Å². The van der Waals surface area contributed by atoms with Crippen LogP contribution < -0.4 is 0 Å². The van der Waals surface area contributed by atoms with E-state index in [9.17, 15) is 5.11 Å². The molecule has 2 rings (SSSR count). The van der Waals surface area contributed by atoms with Gasteiger partial charge in [-0.15, -0.1) is 0 Å². The molecule has 0 saturated heterocycles. The Balaban J connectivity index is 2.98. The number of hydrogen-bond donors (Lipinski definition) is 1. The highest BCUT2D eigenvalue weighted by Crippen LogP contribution is 2.36. The van der Waals surface area contributed by atoms with Crippen LogP contribution in [-0.4, -0.2) is 5.11 Å². The predicted octanol–water partition coefficient (Wildman–Crippen LogP) is 4.38. The largest absolute Gasteiger partial charge is 0.507 e. The molecule has 0 unspecified atom stereocenters. The van der Waals surface area contributed by atoms with E-state index in [4.69, 9.17) is 0 Å². The van der Waals surface area contributed by atoms with Crippen LogP contribution in [0.25, 0.3) is 10.8 Å². The van der Waals surface area contributed by atoms with E-state index < -0.39 is 0 Å². The SMILES string of the molecule is Cc1c(Br)cc2c(Br)cccc2c1O. The van der Waals surface area contributed by atoms with Gasteiger partial charge in [0, 0.05) is 25.3 Å². The molecule has 0 aliphatic heterocycles. The van der Waals surface area contributed by atoms with E-state index in [1.165, 1.54) is 0 Å². The topological polar surface area (TPSA) is 20.2 Å². The van der Waals surface area contributed by atoms with Crippen LogP contribution in [0.4, 0.5) is 0 Å². The van der Waals surface area contributed by atoms with E-state index in [0.717, 1.165) is 25.3 Å². The van der Waals surface area contributed by atoms with Gasteiger partial charge in [-0.25, -0.2) is 0 Å². The molecule has 1 nitrogen and oxygen atoms in total. The quantitative estimate of drug-likeness (QED) is 0.765. The normalized spacial score (nSPS) is 10.8. The molecule has 0 aliphatic carbocycles. The lowest BCUT2D eigenvalue weighted by Gasteiger charge is -2.07. The molecule has 0 aromatic heterocycles. The number of rotatable bonds is 0. The number of benzene rings is 2. The Morgan fingerprint density at radius 3 is 2.50 bits per heavy atom. The maximum atomic E-state index is 9.91. The van der Waals surface area contributed by atoms with Crippen LogP contribution in [-0.2, 0) is 0 Å². The Bertz CT molecular complexity index is 506. The fourth-order valence-electron chi connectivity index (χ4n) is 1.44. The average molecular weight is 316 g/mol. The van der Waals surface area contributed by atoms with Crippen molar-refractivity contribution in [1.82, 2.24) is 0 Å². The summed E-state index contributed by atoms with van der Waals surface area (Å²) >= 11 is 6.88. The summed E-state index contributed by atoms with van der Waals surface area (Å²) in [6, 6.07) is 7.80. The maximum absolute atomic E-state index is 9.91. The summed E-state index contributed by atoms with van der Waals surface area (Å²) in [6.45, 7) is 1.89. The molecule has 72 valence electrons. The summed E-state index contributed by atoms with van der Waals surface area (Å²) in [6.07, 6.45) is 0. The van der Waals surface area contributed by atoms with Gasteiger partial charge in [-0.3, -0.25) is 0 Å². The smallest absolute Gasteiger partial charge is 0.127 e. The molecule has 0 bridgehead atoms. The number of phenols is 1. The lowest BCUT2D eigenvalue weighted by atomic mass is 10.1. The van der Waals surface area contributed by atoms with Crippen LogP contribution in [0.3, 0.4) is 0 Å². The highest BCUT2D eigenvalue weighted by molar-refractivity contribution is 9.11. The first-order chi connectivity index (χ1) is 6.61. The fourth-order valence-corrected chi connectivity index (χ4v) is 2.34. The number of phenolic OH excluding ortho intramolecular Hbond substituents is 1. The van der Waals surface area contributed by atoms with E-state index >= 15 is 0 Å². The van der Waals surface area contributed by atoms with Gasteiger partial charge in [0.25, 0.3) is 0 Å². The van der Waals surface area contributed by atoms with Crippen molar-refractivity contribution < 1.29 is 5.11 Å². The van der Waals surface area contributed by atoms with Gasteiger partial charge >= 0.3 is 0 Å². The third kappa shape index (κ3) is 1.44. The van der Waals surface area contributed by atoms with Gasteiger partial charge in [-0.05, 0) is 19.1 Å². The van der Waals surface area contributed by atoms with Gasteiger partial charge < -0.3 is 5.11 Å². The third-order valence-electron chi connectivity index (χ3n) is 2.29. The molecule has 0 atom stereocenters. The zero-order valence-electron chi connectivity index (χ0n) is 7.51. The third-order valence-corrected chi connectivity index (χ3v) is 3.81. The highest BCUT2D eigenvalue weighted by Gasteiger charge is 2.08. The van der Waals surface area contributed by atoms with Gasteiger partial charge in [0.15, 0.2) is 0 Å². The van der Waals surface area contributed by atoms with Gasteiger partial charge in [0.05, 0.1) is 0 Å². The molecule has 0 aliphatic rings. The minimum atomic E-state index is 0.343. The summed E-state index contributed by atoms with van der Waals surface area (Å²) in [5.74, 6) is 0.343. The second-order valence-corrected chi connectivity index (χ2v) is 4.88. The van der Waals surface area contributed by atoms with Crippen LogP contribution in [0.15, 0.2) is 33.2 Å². The summed E-state index contributed by atoms with van der Waals surface area (Å²) in [4.78, 5) is 0. The molecule has 1 N–H and O–H groups in total. The minimum Gasteiger partial charge on any atom is -0.507 e. The van der Waals surface area contributed by atoms with Crippen molar-refractivity contribution >= 4 is 42.6 Å². The minimum absolute atomic E-state index is 0.343. The van der Waals surface area contributed by atoms with Crippen LogP contribution in [0.2, 0.25) is 0 Å². The standard InChI is InChI=1S/C11H8Br2O/c1-6-10(13)5-8-7(11(6)14)3-2-4-9(8)12/h2-5,14H,1H3. The van der Waals surface area contributed by atoms with Gasteiger partial charge in [0.2, 0.25) is 0 Å². The number of hydrogen-bond acceptors (Lipinski definition) is 1. The maximum Gasteiger partial charge on any atom is 0.127 e. The Labute approximate surface area is 99.0 Å². The van der Waals surface area contributed by atoms with Crippen LogP contribution in [0, 0.1) is 6.92 Å². The molecule has 2 aromatic carbocycles. The molecule has 0 heterocycles. The Morgan fingerprint density at radius 2 is 1.79 bits per heavy atom. The lowest BCUT2D eigenvalue weighted by molar-refractivity contribution is 0.477. The fraction of sp³-hybridized carbons (Fsp3) is 0.0909. The molecule has 0 amide bonds. The van der Waals surface area contributed by atoms with Crippen molar-refractivity contribution in [3.63, 3.8) is 0 Å². The van der Waals surface area contributed by atoms with E-state index in [1.54, 1.807) is 0 Å². The van der Waals surface area contributed by atoms with E-state index in [0.29, 0.717) is 5.75 Å². The monoisotopic (exact) mass is 314 g/mol. The van der Waals surface area contributed by atoms with Crippen molar-refractivity contribution in [2.75, 3.05) is 0 Å². The van der Waals surface area contributed by atoms with Gasteiger partial charge in [0.1, 0.15) is 5.75 Å². The van der Waals surface area contributed by atoms with E-state index in [1.807, 2.05) is 31.2 Å². The van der Waals surface area contributed by atoms with Crippen molar-refractivity contribution in [2.24, 2.45) is 0 Å². The first kappa shape index (κ1) is 9.99. The van der Waals surface area contributed by atoms with Crippen LogP contribution >= 0.6 is 31.9 Å². The number of fused-ring (bicyclic) bond motifs is 1. The average Bonchev–Trinajstić information content (AvgIpc) is 2.17. The molecular weight excluding hydrogens is 308 g/mol. The Kier molecular flexibility index (Phi) is 2.54. The molecule has 2 aromatic rings. The second-order valence-electron chi connectivity index (χ2n) is 3.17. The summed E-state index contributed by atoms with van der Waals surface area (Å²) in [7, 11) is 0. The molecule has 3 heteroatoms. The first-order valence-electron chi connectivity index (χ1n) is 4.17. The second kappa shape index (κ2) is 3.55. The summed E-state index contributed by atoms with van der Waals surface area (Å²) in [5, 5.41) is 11.8. The van der Waals surface area contributed by atoms with Crippen molar-refractivity contribution in [3.05, 3.63) is 38.8 Å². The molecular formula is C11H8Br2O. The lowest BCUT2D eigenvalue weighted by Crippen LogP contribution is -1.82. The number of aromatic hydroxyl groups is 1. The van der Waals surface area contributed by atoms with Gasteiger partial charge in [-0.1, -0.05) is 44.0 Å². The van der Waals surface area contributed by atoms with Crippen LogP contribution in [0.5, 0.6) is 5.75 Å². The van der Waals surface area contributed by atoms with Gasteiger partial charge in [-0.2, -0.15) is 0 Å². The molecule has 0 fully saturated rings. The predicted molar refractivity (Wildman–Crippen MR) is 65.7 cm³/mol. The van der Waals surface area contributed by atoms with E-state index in [-0.39, 0.29) is 0 Å².